The third-order valence-electron chi connectivity index (χ3n) is 4.74. The van der Waals surface area contributed by atoms with Gasteiger partial charge >= 0.3 is 11.9 Å². The summed E-state index contributed by atoms with van der Waals surface area (Å²) in [6.45, 7) is 9.91. The van der Waals surface area contributed by atoms with Gasteiger partial charge in [0, 0.05) is 34.4 Å². The average molecular weight is 392 g/mol. The molecule has 4 nitrogen and oxygen atoms in total. The third kappa shape index (κ3) is 4.58. The SMILES string of the molecule is Cc1cccc2c(OC(=O)CC(C)C)c3ccccc3c(OC(=O)CC(C)C)c12. The standard InChI is InChI=1S/C25H28O4/c1-15(2)13-21(26)28-24-18-10-6-7-11-19(18)25(29-22(27)14-16(3)4)23-17(5)9-8-12-20(23)24/h6-12,15-16H,13-14H2,1-5H3. The summed E-state index contributed by atoms with van der Waals surface area (Å²) in [5, 5.41) is 3.10. The Kier molecular flexibility index (Phi) is 6.21. The zero-order valence-electron chi connectivity index (χ0n) is 17.7. The van der Waals surface area contributed by atoms with Gasteiger partial charge in [-0.15, -0.1) is 0 Å². The van der Waals surface area contributed by atoms with Gasteiger partial charge in [0.05, 0.1) is 0 Å². The highest BCUT2D eigenvalue weighted by Gasteiger charge is 2.21. The van der Waals surface area contributed by atoms with Gasteiger partial charge in [0.1, 0.15) is 11.5 Å². The van der Waals surface area contributed by atoms with Crippen LogP contribution in [-0.2, 0) is 9.59 Å². The fourth-order valence-electron chi connectivity index (χ4n) is 3.51. The summed E-state index contributed by atoms with van der Waals surface area (Å²) >= 11 is 0. The second-order valence-electron chi connectivity index (χ2n) is 8.35. The molecule has 0 fully saturated rings. The van der Waals surface area contributed by atoms with Gasteiger partial charge in [-0.25, -0.2) is 0 Å². The van der Waals surface area contributed by atoms with Crippen LogP contribution in [0.1, 0.15) is 46.1 Å². The van der Waals surface area contributed by atoms with E-state index in [0.717, 1.165) is 27.1 Å². The molecule has 0 saturated carbocycles. The number of hydrogen-bond acceptors (Lipinski definition) is 4. The van der Waals surface area contributed by atoms with Crippen molar-refractivity contribution < 1.29 is 19.1 Å². The van der Waals surface area contributed by atoms with Crippen molar-refractivity contribution in [3.05, 3.63) is 48.0 Å². The van der Waals surface area contributed by atoms with Crippen LogP contribution in [0.2, 0.25) is 0 Å². The minimum absolute atomic E-state index is 0.206. The monoisotopic (exact) mass is 392 g/mol. The number of carbonyl (C=O) groups excluding carboxylic acids is 2. The second-order valence-corrected chi connectivity index (χ2v) is 8.35. The van der Waals surface area contributed by atoms with E-state index in [9.17, 15) is 9.59 Å². The first-order chi connectivity index (χ1) is 13.8. The van der Waals surface area contributed by atoms with E-state index in [1.807, 2.05) is 77.1 Å². The molecule has 3 aromatic rings. The maximum absolute atomic E-state index is 12.5. The van der Waals surface area contributed by atoms with Crippen molar-refractivity contribution >= 4 is 33.5 Å². The Morgan fingerprint density at radius 2 is 1.21 bits per heavy atom. The number of hydrogen-bond donors (Lipinski definition) is 0. The van der Waals surface area contributed by atoms with E-state index >= 15 is 0 Å². The zero-order valence-corrected chi connectivity index (χ0v) is 17.7. The van der Waals surface area contributed by atoms with Gasteiger partial charge in [-0.3, -0.25) is 9.59 Å². The lowest BCUT2D eigenvalue weighted by molar-refractivity contribution is -0.136. The molecular formula is C25H28O4. The highest BCUT2D eigenvalue weighted by molar-refractivity contribution is 6.13. The van der Waals surface area contributed by atoms with Crippen molar-refractivity contribution in [3.8, 4) is 11.5 Å². The molecule has 0 unspecified atom stereocenters. The topological polar surface area (TPSA) is 52.6 Å². The van der Waals surface area contributed by atoms with E-state index in [2.05, 4.69) is 0 Å². The van der Waals surface area contributed by atoms with Crippen LogP contribution >= 0.6 is 0 Å². The third-order valence-corrected chi connectivity index (χ3v) is 4.74. The molecule has 0 bridgehead atoms. The fourth-order valence-corrected chi connectivity index (χ4v) is 3.51. The zero-order chi connectivity index (χ0) is 21.1. The predicted molar refractivity (Wildman–Crippen MR) is 116 cm³/mol. The molecule has 29 heavy (non-hydrogen) atoms. The summed E-state index contributed by atoms with van der Waals surface area (Å²) in [5.41, 5.74) is 0.960. The molecule has 3 rings (SSSR count). The van der Waals surface area contributed by atoms with E-state index < -0.39 is 0 Å². The van der Waals surface area contributed by atoms with E-state index in [0.29, 0.717) is 24.3 Å². The first-order valence-electron chi connectivity index (χ1n) is 10.1. The highest BCUT2D eigenvalue weighted by Crippen LogP contribution is 2.44. The molecule has 0 heterocycles. The average Bonchev–Trinajstić information content (AvgIpc) is 2.63. The van der Waals surface area contributed by atoms with Gasteiger partial charge in [0.25, 0.3) is 0 Å². The van der Waals surface area contributed by atoms with Crippen molar-refractivity contribution in [2.24, 2.45) is 11.8 Å². The van der Waals surface area contributed by atoms with Gasteiger partial charge in [0.15, 0.2) is 0 Å². The molecule has 0 aromatic heterocycles. The number of ether oxygens (including phenoxy) is 2. The molecule has 4 heteroatoms. The molecule has 0 aliphatic rings. The largest absolute Gasteiger partial charge is 0.425 e. The van der Waals surface area contributed by atoms with Crippen LogP contribution in [0.15, 0.2) is 42.5 Å². The van der Waals surface area contributed by atoms with Gasteiger partial charge in [0.2, 0.25) is 0 Å². The van der Waals surface area contributed by atoms with E-state index in [-0.39, 0.29) is 23.8 Å². The summed E-state index contributed by atoms with van der Waals surface area (Å²) in [6, 6.07) is 13.4. The van der Waals surface area contributed by atoms with Crippen LogP contribution < -0.4 is 9.47 Å². The van der Waals surface area contributed by atoms with Crippen LogP contribution in [0.3, 0.4) is 0 Å². The minimum Gasteiger partial charge on any atom is -0.425 e. The lowest BCUT2D eigenvalue weighted by Crippen LogP contribution is -2.13. The number of rotatable bonds is 6. The predicted octanol–water partition coefficient (Wildman–Crippen LogP) is 6.20. The first-order valence-corrected chi connectivity index (χ1v) is 10.1. The number of aryl methyl sites for hydroxylation is 1. The summed E-state index contributed by atoms with van der Waals surface area (Å²) in [7, 11) is 0. The Morgan fingerprint density at radius 3 is 1.76 bits per heavy atom. The molecule has 0 atom stereocenters. The summed E-state index contributed by atoms with van der Waals surface area (Å²) < 4.78 is 11.7. The summed E-state index contributed by atoms with van der Waals surface area (Å²) in [6.07, 6.45) is 0.680. The number of carbonyl (C=O) groups is 2. The molecule has 3 aromatic carbocycles. The minimum atomic E-state index is -0.266. The van der Waals surface area contributed by atoms with Gasteiger partial charge in [-0.2, -0.15) is 0 Å². The Hall–Kier alpha value is -2.88. The second kappa shape index (κ2) is 8.64. The maximum Gasteiger partial charge on any atom is 0.311 e. The van der Waals surface area contributed by atoms with Crippen molar-refractivity contribution in [2.45, 2.75) is 47.5 Å². The van der Waals surface area contributed by atoms with Crippen LogP contribution in [0.4, 0.5) is 0 Å². The molecule has 0 aliphatic heterocycles. The van der Waals surface area contributed by atoms with E-state index in [4.69, 9.17) is 9.47 Å². The van der Waals surface area contributed by atoms with Crippen molar-refractivity contribution in [3.63, 3.8) is 0 Å². The van der Waals surface area contributed by atoms with Crippen molar-refractivity contribution in [1.82, 2.24) is 0 Å². The molecule has 152 valence electrons. The lowest BCUT2D eigenvalue weighted by atomic mass is 9.97. The molecule has 0 radical (unpaired) electrons. The Morgan fingerprint density at radius 1 is 0.724 bits per heavy atom. The first kappa shape index (κ1) is 20.8. The van der Waals surface area contributed by atoms with Crippen molar-refractivity contribution in [2.75, 3.05) is 0 Å². The number of benzene rings is 3. The van der Waals surface area contributed by atoms with Crippen LogP contribution in [0.5, 0.6) is 11.5 Å². The molecular weight excluding hydrogens is 364 g/mol. The smallest absolute Gasteiger partial charge is 0.311 e. The quantitative estimate of drug-likeness (QED) is 0.284. The Bertz CT molecular complexity index is 1060. The highest BCUT2D eigenvalue weighted by atomic mass is 16.5. The van der Waals surface area contributed by atoms with Crippen LogP contribution in [0, 0.1) is 18.8 Å². The maximum atomic E-state index is 12.5. The van der Waals surface area contributed by atoms with Gasteiger partial charge in [-0.1, -0.05) is 70.2 Å². The molecule has 0 amide bonds. The van der Waals surface area contributed by atoms with Crippen LogP contribution in [0.25, 0.3) is 21.5 Å². The van der Waals surface area contributed by atoms with Crippen molar-refractivity contribution in [1.29, 1.82) is 0 Å². The van der Waals surface area contributed by atoms with E-state index in [1.54, 1.807) is 0 Å². The normalized spacial score (nSPS) is 11.4. The molecule has 0 aliphatic carbocycles. The van der Waals surface area contributed by atoms with Crippen LogP contribution in [-0.4, -0.2) is 11.9 Å². The van der Waals surface area contributed by atoms with E-state index in [1.165, 1.54) is 0 Å². The molecule has 0 spiro atoms. The fraction of sp³-hybridized carbons (Fsp3) is 0.360. The Labute approximate surface area is 171 Å². The number of fused-ring (bicyclic) bond motifs is 2. The lowest BCUT2D eigenvalue weighted by Gasteiger charge is -2.18. The summed E-state index contributed by atoms with van der Waals surface area (Å²) in [5.74, 6) is 0.934. The van der Waals surface area contributed by atoms with Gasteiger partial charge in [-0.05, 0) is 24.3 Å². The van der Waals surface area contributed by atoms with Gasteiger partial charge < -0.3 is 9.47 Å². The Balaban J connectivity index is 2.25. The number of esters is 2. The molecule has 0 N–H and O–H groups in total. The summed E-state index contributed by atoms with van der Waals surface area (Å²) in [4.78, 5) is 25.0. The molecule has 0 saturated heterocycles.